The van der Waals surface area contributed by atoms with E-state index in [1.54, 1.807) is 24.3 Å². The molecule has 0 fully saturated rings. The Labute approximate surface area is 116 Å². The lowest BCUT2D eigenvalue weighted by Gasteiger charge is -2.10. The molecule has 0 radical (unpaired) electrons. The molecule has 0 aliphatic carbocycles. The number of benzene rings is 1. The van der Waals surface area contributed by atoms with Gasteiger partial charge in [0.1, 0.15) is 6.26 Å². The molecule has 2 N–H and O–H groups in total. The Balaban J connectivity index is 2.08. The van der Waals surface area contributed by atoms with Gasteiger partial charge in [-0.25, -0.2) is 8.42 Å². The predicted octanol–water partition coefficient (Wildman–Crippen LogP) is 0.976. The molecule has 1 aromatic heterocycles. The van der Waals surface area contributed by atoms with Crippen molar-refractivity contribution in [1.82, 2.24) is 10.5 Å². The zero-order chi connectivity index (χ0) is 14.6. The lowest BCUT2D eigenvalue weighted by molar-refractivity contribution is 0.0942. The van der Waals surface area contributed by atoms with E-state index in [2.05, 4.69) is 19.7 Å². The second-order valence-electron chi connectivity index (χ2n) is 4.10. The minimum Gasteiger partial charge on any atom is -0.364 e. The molecule has 8 heteroatoms. The maximum atomic E-state index is 11.7. The smallest absolute Gasteiger partial charge is 0.273 e. The van der Waals surface area contributed by atoms with Crippen LogP contribution >= 0.6 is 0 Å². The van der Waals surface area contributed by atoms with Crippen molar-refractivity contribution in [3.63, 3.8) is 0 Å². The number of anilines is 1. The number of para-hydroxylation sites is 1. The summed E-state index contributed by atoms with van der Waals surface area (Å²) in [5.74, 6) is -0.395. The first kappa shape index (κ1) is 14.1. The highest BCUT2D eigenvalue weighted by Gasteiger charge is 2.11. The molecule has 0 saturated heterocycles. The van der Waals surface area contributed by atoms with Gasteiger partial charge in [-0.15, -0.1) is 0 Å². The summed E-state index contributed by atoms with van der Waals surface area (Å²) >= 11 is 0. The van der Waals surface area contributed by atoms with Crippen LogP contribution in [0.15, 0.2) is 41.1 Å². The maximum absolute atomic E-state index is 11.7. The summed E-state index contributed by atoms with van der Waals surface area (Å²) in [6.07, 6.45) is 2.37. The van der Waals surface area contributed by atoms with Gasteiger partial charge in [0.2, 0.25) is 10.0 Å². The fourth-order valence-electron chi connectivity index (χ4n) is 1.57. The number of hydrogen-bond donors (Lipinski definition) is 2. The van der Waals surface area contributed by atoms with Crippen molar-refractivity contribution in [3.8, 4) is 0 Å². The van der Waals surface area contributed by atoms with Gasteiger partial charge < -0.3 is 9.84 Å². The highest BCUT2D eigenvalue weighted by atomic mass is 32.2. The Bertz CT molecular complexity index is 695. The van der Waals surface area contributed by atoms with E-state index in [1.165, 1.54) is 12.3 Å². The quantitative estimate of drug-likeness (QED) is 0.856. The molecule has 0 saturated carbocycles. The molecule has 7 nitrogen and oxygen atoms in total. The minimum atomic E-state index is -3.37. The third-order valence-electron chi connectivity index (χ3n) is 2.42. The summed E-state index contributed by atoms with van der Waals surface area (Å²) in [5, 5.41) is 6.14. The zero-order valence-electron chi connectivity index (χ0n) is 10.7. The van der Waals surface area contributed by atoms with Gasteiger partial charge in [-0.2, -0.15) is 0 Å². The number of rotatable bonds is 5. The fraction of sp³-hybridized carbons (Fsp3) is 0.167. The van der Waals surface area contributed by atoms with Crippen LogP contribution in [0.1, 0.15) is 16.1 Å². The van der Waals surface area contributed by atoms with E-state index in [-0.39, 0.29) is 12.2 Å². The number of nitrogens with zero attached hydrogens (tertiary/aromatic N) is 1. The molecule has 2 aromatic rings. The van der Waals surface area contributed by atoms with Crippen molar-refractivity contribution < 1.29 is 17.7 Å². The normalized spacial score (nSPS) is 11.1. The summed E-state index contributed by atoms with van der Waals surface area (Å²) in [7, 11) is -3.37. The van der Waals surface area contributed by atoms with Crippen LogP contribution in [0.25, 0.3) is 0 Å². The Morgan fingerprint density at radius 1 is 1.30 bits per heavy atom. The molecule has 0 aliphatic rings. The number of nitrogens with one attached hydrogen (secondary N) is 2. The highest BCUT2D eigenvalue weighted by molar-refractivity contribution is 7.92. The number of sulfonamides is 1. The number of carbonyl (C=O) groups is 1. The molecule has 1 heterocycles. The van der Waals surface area contributed by atoms with E-state index in [0.717, 1.165) is 6.26 Å². The molecule has 20 heavy (non-hydrogen) atoms. The van der Waals surface area contributed by atoms with Crippen molar-refractivity contribution in [3.05, 3.63) is 47.9 Å². The van der Waals surface area contributed by atoms with Crippen LogP contribution in [-0.4, -0.2) is 25.7 Å². The van der Waals surface area contributed by atoms with Crippen LogP contribution < -0.4 is 10.0 Å². The van der Waals surface area contributed by atoms with Crippen molar-refractivity contribution in [2.45, 2.75) is 6.54 Å². The number of carbonyl (C=O) groups excluding carboxylic acids is 1. The van der Waals surface area contributed by atoms with Gasteiger partial charge in [-0.05, 0) is 11.6 Å². The SMILES string of the molecule is CS(=O)(=O)Nc1ccccc1CNC(=O)c1ccon1. The highest BCUT2D eigenvalue weighted by Crippen LogP contribution is 2.16. The number of hydrogen-bond acceptors (Lipinski definition) is 5. The van der Waals surface area contributed by atoms with Crippen LogP contribution in [-0.2, 0) is 16.6 Å². The largest absolute Gasteiger partial charge is 0.364 e. The standard InChI is InChI=1S/C12H13N3O4S/c1-20(17,18)15-10-5-3-2-4-9(10)8-13-12(16)11-6-7-19-14-11/h2-7,15H,8H2,1H3,(H,13,16). The third-order valence-corrected chi connectivity index (χ3v) is 3.01. The third kappa shape index (κ3) is 3.82. The first-order valence-electron chi connectivity index (χ1n) is 5.70. The van der Waals surface area contributed by atoms with E-state index in [1.807, 2.05) is 0 Å². The van der Waals surface area contributed by atoms with Crippen LogP contribution in [0.3, 0.4) is 0 Å². The van der Waals surface area contributed by atoms with Crippen molar-refractivity contribution >= 4 is 21.6 Å². The molecule has 0 aliphatic heterocycles. The molecule has 0 unspecified atom stereocenters. The lowest BCUT2D eigenvalue weighted by Crippen LogP contribution is -2.24. The van der Waals surface area contributed by atoms with Gasteiger partial charge in [0.25, 0.3) is 5.91 Å². The molecule has 106 valence electrons. The number of aromatic nitrogens is 1. The summed E-state index contributed by atoms with van der Waals surface area (Å²) in [6.45, 7) is 0.171. The average molecular weight is 295 g/mol. The molecule has 0 spiro atoms. The van der Waals surface area contributed by atoms with Crippen LogP contribution in [0, 0.1) is 0 Å². The molecule has 1 amide bonds. The Kier molecular flexibility index (Phi) is 4.04. The molecule has 0 atom stereocenters. The van der Waals surface area contributed by atoms with Gasteiger partial charge in [-0.3, -0.25) is 9.52 Å². The second kappa shape index (κ2) is 5.74. The van der Waals surface area contributed by atoms with Crippen molar-refractivity contribution in [2.75, 3.05) is 11.0 Å². The van der Waals surface area contributed by atoms with Crippen LogP contribution in [0.2, 0.25) is 0 Å². The molecular formula is C12H13N3O4S. The zero-order valence-corrected chi connectivity index (χ0v) is 11.5. The second-order valence-corrected chi connectivity index (χ2v) is 5.85. The first-order chi connectivity index (χ1) is 9.46. The Morgan fingerprint density at radius 3 is 2.70 bits per heavy atom. The summed E-state index contributed by atoms with van der Waals surface area (Å²) < 4.78 is 29.5. The van der Waals surface area contributed by atoms with Crippen molar-refractivity contribution in [1.29, 1.82) is 0 Å². The van der Waals surface area contributed by atoms with Crippen LogP contribution in [0.4, 0.5) is 5.69 Å². The van der Waals surface area contributed by atoms with Crippen molar-refractivity contribution in [2.24, 2.45) is 0 Å². The summed E-state index contributed by atoms with van der Waals surface area (Å²) in [5.41, 5.74) is 1.24. The topological polar surface area (TPSA) is 101 Å². The van der Waals surface area contributed by atoms with Gasteiger partial charge >= 0.3 is 0 Å². The van der Waals surface area contributed by atoms with Gasteiger partial charge in [0, 0.05) is 12.6 Å². The molecule has 2 rings (SSSR count). The minimum absolute atomic E-state index is 0.165. The van der Waals surface area contributed by atoms with E-state index < -0.39 is 15.9 Å². The maximum Gasteiger partial charge on any atom is 0.273 e. The summed E-state index contributed by atoms with van der Waals surface area (Å²) in [4.78, 5) is 11.7. The van der Waals surface area contributed by atoms with E-state index in [0.29, 0.717) is 11.3 Å². The van der Waals surface area contributed by atoms with Crippen LogP contribution in [0.5, 0.6) is 0 Å². The lowest BCUT2D eigenvalue weighted by atomic mass is 10.2. The predicted molar refractivity (Wildman–Crippen MR) is 72.6 cm³/mol. The van der Waals surface area contributed by atoms with E-state index in [9.17, 15) is 13.2 Å². The monoisotopic (exact) mass is 295 g/mol. The van der Waals surface area contributed by atoms with E-state index >= 15 is 0 Å². The Morgan fingerprint density at radius 2 is 2.05 bits per heavy atom. The molecule has 1 aromatic carbocycles. The Hall–Kier alpha value is -2.35. The first-order valence-corrected chi connectivity index (χ1v) is 7.59. The summed E-state index contributed by atoms with van der Waals surface area (Å²) in [6, 6.07) is 8.24. The van der Waals surface area contributed by atoms with Gasteiger partial charge in [-0.1, -0.05) is 23.4 Å². The average Bonchev–Trinajstić information content (AvgIpc) is 2.89. The van der Waals surface area contributed by atoms with Gasteiger partial charge in [0.05, 0.1) is 11.9 Å². The number of amides is 1. The molecular weight excluding hydrogens is 282 g/mol. The van der Waals surface area contributed by atoms with E-state index in [4.69, 9.17) is 0 Å². The van der Waals surface area contributed by atoms with Gasteiger partial charge in [0.15, 0.2) is 5.69 Å². The fourth-order valence-corrected chi connectivity index (χ4v) is 2.17. The molecule has 0 bridgehead atoms.